The largest absolute Gasteiger partial charge is 0.465 e. The fourth-order valence-corrected chi connectivity index (χ4v) is 6.76. The SMILES string of the molecule is CC(C)N1CCCC1COc1nc(N2CCN(C(=O)O)C(CC#N)C2)c2cnc(-c3cccc4ccc(F)c(Cl)c34)c(F)c2n1. The Bertz CT molecular complexity index is 1820. The van der Waals surface area contributed by atoms with Gasteiger partial charge in [0.25, 0.3) is 0 Å². The number of benzene rings is 2. The number of piperazine rings is 1. The highest BCUT2D eigenvalue weighted by Crippen LogP contribution is 2.38. The lowest BCUT2D eigenvalue weighted by molar-refractivity contribution is 0.119. The maximum absolute atomic E-state index is 16.6. The van der Waals surface area contributed by atoms with E-state index in [-0.39, 0.29) is 54.3 Å². The second kappa shape index (κ2) is 12.6. The summed E-state index contributed by atoms with van der Waals surface area (Å²) in [6.45, 7) is 6.08. The van der Waals surface area contributed by atoms with Gasteiger partial charge in [-0.05, 0) is 44.7 Å². The minimum atomic E-state index is -1.11. The van der Waals surface area contributed by atoms with Gasteiger partial charge in [0, 0.05) is 48.9 Å². The summed E-state index contributed by atoms with van der Waals surface area (Å²) < 4.78 is 37.3. The molecule has 1 N–H and O–H groups in total. The fraction of sp³-hybridized carbons (Fsp3) is 0.406. The molecule has 0 saturated carbocycles. The molecule has 1 amide bonds. The molecular weight excluding hydrogens is 604 g/mol. The third-order valence-corrected chi connectivity index (χ3v) is 9.05. The van der Waals surface area contributed by atoms with Gasteiger partial charge in [0.05, 0.1) is 28.9 Å². The molecule has 2 saturated heterocycles. The summed E-state index contributed by atoms with van der Waals surface area (Å²) in [6.07, 6.45) is 2.32. The lowest BCUT2D eigenvalue weighted by atomic mass is 10.0. The van der Waals surface area contributed by atoms with Crippen molar-refractivity contribution in [1.82, 2.24) is 24.8 Å². The molecule has 0 aliphatic carbocycles. The van der Waals surface area contributed by atoms with Crippen LogP contribution in [0.4, 0.5) is 19.4 Å². The summed E-state index contributed by atoms with van der Waals surface area (Å²) in [4.78, 5) is 30.9. The Morgan fingerprint density at radius 1 is 1.18 bits per heavy atom. The number of carboxylic acid groups (broad SMARTS) is 1. The van der Waals surface area contributed by atoms with Gasteiger partial charge < -0.3 is 19.6 Å². The van der Waals surface area contributed by atoms with Crippen LogP contribution in [0.2, 0.25) is 5.02 Å². The first-order valence-electron chi connectivity index (χ1n) is 14.9. The minimum absolute atomic E-state index is 0.0168. The number of aromatic nitrogens is 3. The number of rotatable bonds is 7. The van der Waals surface area contributed by atoms with Crippen molar-refractivity contribution in [2.24, 2.45) is 0 Å². The minimum Gasteiger partial charge on any atom is -0.465 e. The third kappa shape index (κ3) is 5.78. The van der Waals surface area contributed by atoms with Crippen molar-refractivity contribution >= 4 is 45.2 Å². The number of hydrogen-bond donors (Lipinski definition) is 1. The van der Waals surface area contributed by atoms with Crippen LogP contribution < -0.4 is 9.64 Å². The molecule has 13 heteroatoms. The predicted octanol–water partition coefficient (Wildman–Crippen LogP) is 6.11. The Balaban J connectivity index is 1.46. The lowest BCUT2D eigenvalue weighted by Crippen LogP contribution is -2.55. The second-order valence-corrected chi connectivity index (χ2v) is 12.0. The summed E-state index contributed by atoms with van der Waals surface area (Å²) in [5.41, 5.74) is 0.201. The zero-order valence-corrected chi connectivity index (χ0v) is 25.6. The summed E-state index contributed by atoms with van der Waals surface area (Å²) in [5.74, 6) is -1.06. The Labute approximate surface area is 263 Å². The van der Waals surface area contributed by atoms with Gasteiger partial charge in [0.2, 0.25) is 0 Å². The molecule has 0 bridgehead atoms. The second-order valence-electron chi connectivity index (χ2n) is 11.7. The van der Waals surface area contributed by atoms with E-state index in [1.54, 1.807) is 24.3 Å². The molecule has 4 aromatic rings. The number of ether oxygens (including phenoxy) is 1. The maximum atomic E-state index is 16.6. The first kappa shape index (κ1) is 30.7. The molecule has 6 rings (SSSR count). The van der Waals surface area contributed by atoms with Crippen LogP contribution in [-0.2, 0) is 0 Å². The molecule has 45 heavy (non-hydrogen) atoms. The van der Waals surface area contributed by atoms with Crippen LogP contribution in [-0.4, -0.2) is 86.9 Å². The highest BCUT2D eigenvalue weighted by molar-refractivity contribution is 6.36. The molecular formula is C32H32ClF2N7O3. The van der Waals surface area contributed by atoms with Crippen LogP contribution in [0, 0.1) is 23.0 Å². The fourth-order valence-electron chi connectivity index (χ4n) is 6.49. The van der Waals surface area contributed by atoms with Gasteiger partial charge in [-0.1, -0.05) is 35.9 Å². The van der Waals surface area contributed by atoms with Crippen molar-refractivity contribution in [3.63, 3.8) is 0 Å². The summed E-state index contributed by atoms with van der Waals surface area (Å²) >= 11 is 6.36. The van der Waals surface area contributed by atoms with Crippen LogP contribution in [0.1, 0.15) is 33.1 Å². The predicted molar refractivity (Wildman–Crippen MR) is 167 cm³/mol. The van der Waals surface area contributed by atoms with Gasteiger partial charge in [0.1, 0.15) is 29.5 Å². The highest BCUT2D eigenvalue weighted by Gasteiger charge is 2.33. The van der Waals surface area contributed by atoms with E-state index in [1.165, 1.54) is 17.2 Å². The van der Waals surface area contributed by atoms with Gasteiger partial charge in [-0.2, -0.15) is 15.2 Å². The monoisotopic (exact) mass is 635 g/mol. The quantitative estimate of drug-likeness (QED) is 0.256. The van der Waals surface area contributed by atoms with Gasteiger partial charge in [-0.25, -0.2) is 13.6 Å². The van der Waals surface area contributed by atoms with E-state index in [9.17, 15) is 19.6 Å². The van der Waals surface area contributed by atoms with Crippen LogP contribution in [0.3, 0.4) is 0 Å². The molecule has 2 unspecified atom stereocenters. The zero-order chi connectivity index (χ0) is 31.8. The van der Waals surface area contributed by atoms with E-state index < -0.39 is 23.8 Å². The van der Waals surface area contributed by atoms with Crippen LogP contribution in [0.15, 0.2) is 36.5 Å². The Morgan fingerprint density at radius 3 is 2.76 bits per heavy atom. The highest BCUT2D eigenvalue weighted by atomic mass is 35.5. The summed E-state index contributed by atoms with van der Waals surface area (Å²) in [5, 5.41) is 20.2. The van der Waals surface area contributed by atoms with E-state index in [2.05, 4.69) is 39.8 Å². The lowest BCUT2D eigenvalue weighted by Gasteiger charge is -2.39. The van der Waals surface area contributed by atoms with Crippen molar-refractivity contribution in [3.05, 3.63) is 53.2 Å². The molecule has 2 aliphatic rings. The number of carbonyl (C=O) groups is 1. The number of nitrogens with zero attached hydrogens (tertiary/aromatic N) is 7. The maximum Gasteiger partial charge on any atom is 0.407 e. The number of hydrogen-bond acceptors (Lipinski definition) is 8. The Morgan fingerprint density at radius 2 is 2.00 bits per heavy atom. The van der Waals surface area contributed by atoms with Crippen molar-refractivity contribution < 1.29 is 23.4 Å². The van der Waals surface area contributed by atoms with Gasteiger partial charge in [-0.15, -0.1) is 0 Å². The summed E-state index contributed by atoms with van der Waals surface area (Å²) in [7, 11) is 0. The van der Waals surface area contributed by atoms with Crippen molar-refractivity contribution in [2.45, 2.75) is 51.2 Å². The molecule has 234 valence electrons. The van der Waals surface area contributed by atoms with E-state index >= 15 is 4.39 Å². The summed E-state index contributed by atoms with van der Waals surface area (Å²) in [6, 6.07) is 9.84. The average Bonchev–Trinajstić information content (AvgIpc) is 3.51. The van der Waals surface area contributed by atoms with Gasteiger partial charge in [0.15, 0.2) is 5.82 Å². The van der Waals surface area contributed by atoms with Crippen LogP contribution in [0.5, 0.6) is 6.01 Å². The molecule has 2 aromatic carbocycles. The smallest absolute Gasteiger partial charge is 0.407 e. The number of halogens is 3. The topological polar surface area (TPSA) is 119 Å². The number of likely N-dealkylation sites (tertiary alicyclic amines) is 1. The first-order valence-corrected chi connectivity index (χ1v) is 15.3. The van der Waals surface area contributed by atoms with E-state index in [0.29, 0.717) is 40.2 Å². The molecule has 10 nitrogen and oxygen atoms in total. The number of anilines is 1. The van der Waals surface area contributed by atoms with Crippen molar-refractivity contribution in [3.8, 4) is 23.3 Å². The third-order valence-electron chi connectivity index (χ3n) is 8.68. The number of nitriles is 1. The van der Waals surface area contributed by atoms with Crippen molar-refractivity contribution in [1.29, 1.82) is 5.26 Å². The zero-order valence-electron chi connectivity index (χ0n) is 24.9. The molecule has 2 fully saturated rings. The molecule has 2 atom stereocenters. The molecule has 2 aliphatic heterocycles. The number of fused-ring (bicyclic) bond motifs is 2. The Kier molecular flexibility index (Phi) is 8.57. The van der Waals surface area contributed by atoms with Crippen molar-refractivity contribution in [2.75, 3.05) is 37.7 Å². The number of amides is 1. The van der Waals surface area contributed by atoms with Crippen LogP contribution in [0.25, 0.3) is 32.9 Å². The standard InChI is InChI=1S/C32H32ClF2N7O3/c1-18(2)41-12-4-6-21(41)17-45-31-38-29-23(30(39-31)40-13-14-42(32(43)44)20(16-40)10-11-36)15-37-28(27(29)35)22-7-3-5-19-8-9-24(34)26(33)25(19)22/h3,5,7-9,15,18,20-21H,4,6,10,12-14,16-17H2,1-2H3,(H,43,44). The van der Waals surface area contributed by atoms with Gasteiger partial charge >= 0.3 is 12.1 Å². The van der Waals surface area contributed by atoms with E-state index in [4.69, 9.17) is 16.3 Å². The van der Waals surface area contributed by atoms with E-state index in [1.807, 2.05) is 4.90 Å². The Hall–Kier alpha value is -4.34. The molecule has 2 aromatic heterocycles. The first-order chi connectivity index (χ1) is 21.7. The van der Waals surface area contributed by atoms with Gasteiger partial charge in [-0.3, -0.25) is 9.88 Å². The number of pyridine rings is 1. The average molecular weight is 636 g/mol. The van der Waals surface area contributed by atoms with Crippen LogP contribution >= 0.6 is 11.6 Å². The molecule has 0 radical (unpaired) electrons. The molecule has 0 spiro atoms. The normalized spacial score (nSPS) is 19.0. The molecule has 4 heterocycles. The van der Waals surface area contributed by atoms with E-state index in [0.717, 1.165) is 19.4 Å².